The summed E-state index contributed by atoms with van der Waals surface area (Å²) in [5.74, 6) is 2.03. The second kappa shape index (κ2) is 11.7. The maximum atomic E-state index is 11.9. The van der Waals surface area contributed by atoms with E-state index in [4.69, 9.17) is 14.2 Å². The Hall–Kier alpha value is -3.22. The summed E-state index contributed by atoms with van der Waals surface area (Å²) < 4.78 is 15.3. The molecule has 0 bridgehead atoms. The molecule has 2 N–H and O–H groups in total. The molecule has 30 heavy (non-hydrogen) atoms. The summed E-state index contributed by atoms with van der Waals surface area (Å²) in [6, 6.07) is 13.6. The highest BCUT2D eigenvalue weighted by Gasteiger charge is 2.13. The van der Waals surface area contributed by atoms with Crippen molar-refractivity contribution in [1.82, 2.24) is 10.6 Å². The zero-order valence-corrected chi connectivity index (χ0v) is 18.3. The summed E-state index contributed by atoms with van der Waals surface area (Å²) in [5, 5.41) is 6.60. The van der Waals surface area contributed by atoms with Crippen molar-refractivity contribution in [2.75, 3.05) is 34.9 Å². The van der Waals surface area contributed by atoms with Crippen molar-refractivity contribution in [2.45, 2.75) is 25.8 Å². The van der Waals surface area contributed by atoms with Gasteiger partial charge in [-0.1, -0.05) is 25.1 Å². The summed E-state index contributed by atoms with van der Waals surface area (Å²) in [6.45, 7) is 3.50. The number of benzene rings is 2. The molecule has 0 spiro atoms. The maximum Gasteiger partial charge on any atom is 0.341 e. The van der Waals surface area contributed by atoms with E-state index in [1.54, 1.807) is 26.3 Å². The first-order valence-electron chi connectivity index (χ1n) is 9.86. The fourth-order valence-electron chi connectivity index (χ4n) is 3.05. The van der Waals surface area contributed by atoms with Crippen molar-refractivity contribution in [3.8, 4) is 11.5 Å². The van der Waals surface area contributed by atoms with Gasteiger partial charge in [0.15, 0.2) is 5.96 Å². The number of hydrogen-bond acceptors (Lipinski definition) is 5. The number of methoxy groups -OCH3 is 3. The number of nitrogens with zero attached hydrogens (tertiary/aromatic N) is 1. The maximum absolute atomic E-state index is 11.9. The predicted molar refractivity (Wildman–Crippen MR) is 119 cm³/mol. The standard InChI is InChI=1S/C23H31N3O4/c1-16(18-7-9-19(28-3)10-8-18)12-13-25-23(24-2)26-15-17-6-11-21(29-4)20(14-17)22(27)30-5/h6-11,14,16H,12-13,15H2,1-5H3,(H2,24,25,26). The number of carbonyl (C=O) groups excluding carboxylic acids is 1. The number of hydrogen-bond donors (Lipinski definition) is 2. The van der Waals surface area contributed by atoms with Gasteiger partial charge < -0.3 is 24.8 Å². The van der Waals surface area contributed by atoms with Gasteiger partial charge in [-0.25, -0.2) is 4.79 Å². The summed E-state index contributed by atoms with van der Waals surface area (Å²) in [6.07, 6.45) is 0.960. The van der Waals surface area contributed by atoms with Crippen LogP contribution in [0.25, 0.3) is 0 Å². The zero-order chi connectivity index (χ0) is 21.9. The molecule has 0 aliphatic carbocycles. The van der Waals surface area contributed by atoms with Crippen LogP contribution in [-0.2, 0) is 11.3 Å². The molecule has 1 atom stereocenters. The summed E-state index contributed by atoms with van der Waals surface area (Å²) in [4.78, 5) is 16.2. The molecule has 0 amide bonds. The van der Waals surface area contributed by atoms with Crippen molar-refractivity contribution in [1.29, 1.82) is 0 Å². The summed E-state index contributed by atoms with van der Waals surface area (Å²) in [5.41, 5.74) is 2.59. The van der Waals surface area contributed by atoms with Crippen LogP contribution < -0.4 is 20.1 Å². The third-order valence-electron chi connectivity index (χ3n) is 4.91. The highest BCUT2D eigenvalue weighted by Crippen LogP contribution is 2.22. The SMILES string of the molecule is CN=C(NCCC(C)c1ccc(OC)cc1)NCc1ccc(OC)c(C(=O)OC)c1. The molecule has 0 radical (unpaired) electrons. The molecule has 0 aliphatic rings. The Labute approximate surface area is 178 Å². The molecular weight excluding hydrogens is 382 g/mol. The lowest BCUT2D eigenvalue weighted by atomic mass is 9.98. The third-order valence-corrected chi connectivity index (χ3v) is 4.91. The first-order chi connectivity index (χ1) is 14.5. The lowest BCUT2D eigenvalue weighted by Crippen LogP contribution is -2.37. The van der Waals surface area contributed by atoms with Crippen LogP contribution in [0.15, 0.2) is 47.5 Å². The Morgan fingerprint density at radius 3 is 2.37 bits per heavy atom. The van der Waals surface area contributed by atoms with Crippen molar-refractivity contribution in [3.63, 3.8) is 0 Å². The van der Waals surface area contributed by atoms with E-state index in [-0.39, 0.29) is 0 Å². The fourth-order valence-corrected chi connectivity index (χ4v) is 3.05. The molecule has 0 saturated carbocycles. The average Bonchev–Trinajstić information content (AvgIpc) is 2.80. The van der Waals surface area contributed by atoms with E-state index in [0.29, 0.717) is 29.7 Å². The topological polar surface area (TPSA) is 81.2 Å². The van der Waals surface area contributed by atoms with Gasteiger partial charge in [0.25, 0.3) is 0 Å². The molecule has 0 saturated heterocycles. The first-order valence-corrected chi connectivity index (χ1v) is 9.86. The number of aliphatic imine (C=N–C) groups is 1. The quantitative estimate of drug-likeness (QED) is 0.373. The molecular formula is C23H31N3O4. The lowest BCUT2D eigenvalue weighted by Gasteiger charge is -2.16. The van der Waals surface area contributed by atoms with Crippen LogP contribution in [0.2, 0.25) is 0 Å². The van der Waals surface area contributed by atoms with E-state index in [9.17, 15) is 4.79 Å². The molecule has 162 valence electrons. The Morgan fingerprint density at radius 1 is 1.03 bits per heavy atom. The highest BCUT2D eigenvalue weighted by molar-refractivity contribution is 5.92. The predicted octanol–water partition coefficient (Wildman–Crippen LogP) is 3.35. The van der Waals surface area contributed by atoms with Gasteiger partial charge in [-0.15, -0.1) is 0 Å². The van der Waals surface area contributed by atoms with Crippen LogP contribution in [0.3, 0.4) is 0 Å². The smallest absolute Gasteiger partial charge is 0.341 e. The van der Waals surface area contributed by atoms with E-state index < -0.39 is 5.97 Å². The van der Waals surface area contributed by atoms with Crippen LogP contribution >= 0.6 is 0 Å². The van der Waals surface area contributed by atoms with Crippen molar-refractivity contribution < 1.29 is 19.0 Å². The Morgan fingerprint density at radius 2 is 1.77 bits per heavy atom. The molecule has 1 unspecified atom stereocenters. The first kappa shape index (κ1) is 23.1. The van der Waals surface area contributed by atoms with Crippen LogP contribution in [-0.4, -0.2) is 46.9 Å². The van der Waals surface area contributed by atoms with E-state index in [0.717, 1.165) is 24.3 Å². The van der Waals surface area contributed by atoms with Gasteiger partial charge in [-0.05, 0) is 47.7 Å². The Balaban J connectivity index is 1.86. The minimum absolute atomic E-state index is 0.399. The highest BCUT2D eigenvalue weighted by atomic mass is 16.5. The van der Waals surface area contributed by atoms with Gasteiger partial charge in [-0.3, -0.25) is 4.99 Å². The second-order valence-corrected chi connectivity index (χ2v) is 6.84. The van der Waals surface area contributed by atoms with E-state index in [1.165, 1.54) is 19.8 Å². The molecule has 0 aliphatic heterocycles. The van der Waals surface area contributed by atoms with Crippen molar-refractivity contribution >= 4 is 11.9 Å². The van der Waals surface area contributed by atoms with Crippen LogP contribution in [0, 0.1) is 0 Å². The Kier molecular flexibility index (Phi) is 9.00. The van der Waals surface area contributed by atoms with Gasteiger partial charge in [-0.2, -0.15) is 0 Å². The fraction of sp³-hybridized carbons (Fsp3) is 0.391. The lowest BCUT2D eigenvalue weighted by molar-refractivity contribution is 0.0597. The summed E-state index contributed by atoms with van der Waals surface area (Å²) >= 11 is 0. The van der Waals surface area contributed by atoms with Crippen LogP contribution in [0.5, 0.6) is 11.5 Å². The number of guanidine groups is 1. The minimum Gasteiger partial charge on any atom is -0.497 e. The summed E-state index contributed by atoms with van der Waals surface area (Å²) in [7, 11) is 6.28. The number of ether oxygens (including phenoxy) is 3. The normalized spacial score (nSPS) is 12.1. The van der Waals surface area contributed by atoms with Crippen molar-refractivity contribution in [3.05, 3.63) is 59.2 Å². The number of esters is 1. The van der Waals surface area contributed by atoms with E-state index >= 15 is 0 Å². The molecule has 0 fully saturated rings. The third kappa shape index (κ3) is 6.40. The molecule has 0 aromatic heterocycles. The Bertz CT molecular complexity index is 850. The number of rotatable bonds is 9. The molecule has 2 aromatic carbocycles. The molecule has 2 rings (SSSR count). The van der Waals surface area contributed by atoms with Gasteiger partial charge in [0, 0.05) is 20.1 Å². The second-order valence-electron chi connectivity index (χ2n) is 6.84. The molecule has 7 nitrogen and oxygen atoms in total. The molecule has 7 heteroatoms. The molecule has 2 aromatic rings. The number of nitrogens with one attached hydrogen (secondary N) is 2. The van der Waals surface area contributed by atoms with Gasteiger partial charge >= 0.3 is 5.97 Å². The van der Waals surface area contributed by atoms with E-state index in [1.807, 2.05) is 18.2 Å². The van der Waals surface area contributed by atoms with E-state index in [2.05, 4.69) is 34.7 Å². The van der Waals surface area contributed by atoms with Gasteiger partial charge in [0.05, 0.1) is 21.3 Å². The number of carbonyl (C=O) groups is 1. The monoisotopic (exact) mass is 413 g/mol. The van der Waals surface area contributed by atoms with Crippen LogP contribution in [0.4, 0.5) is 0 Å². The zero-order valence-electron chi connectivity index (χ0n) is 18.3. The average molecular weight is 414 g/mol. The molecule has 0 heterocycles. The van der Waals surface area contributed by atoms with Crippen molar-refractivity contribution in [2.24, 2.45) is 4.99 Å². The van der Waals surface area contributed by atoms with Gasteiger partial charge in [0.2, 0.25) is 0 Å². The largest absolute Gasteiger partial charge is 0.497 e. The van der Waals surface area contributed by atoms with Crippen LogP contribution in [0.1, 0.15) is 40.7 Å². The van der Waals surface area contributed by atoms with Gasteiger partial charge in [0.1, 0.15) is 17.1 Å². The minimum atomic E-state index is -0.427.